The maximum absolute atomic E-state index is 12.2. The van der Waals surface area contributed by atoms with Crippen LogP contribution >= 0.6 is 0 Å². The first-order valence-electron chi connectivity index (χ1n) is 7.94. The van der Waals surface area contributed by atoms with Gasteiger partial charge in [-0.25, -0.2) is 0 Å². The molecule has 3 rings (SSSR count). The second kappa shape index (κ2) is 6.70. The topological polar surface area (TPSA) is 75.5 Å². The molecule has 2 aromatic carbocycles. The Morgan fingerprint density at radius 2 is 1.96 bits per heavy atom. The van der Waals surface area contributed by atoms with E-state index < -0.39 is 10.8 Å². The van der Waals surface area contributed by atoms with Gasteiger partial charge in [-0.05, 0) is 31.0 Å². The second-order valence-electron chi connectivity index (χ2n) is 5.91. The van der Waals surface area contributed by atoms with Crippen molar-refractivity contribution in [2.24, 2.45) is 0 Å². The third kappa shape index (κ3) is 3.08. The lowest BCUT2D eigenvalue weighted by Gasteiger charge is -2.25. The van der Waals surface area contributed by atoms with E-state index in [1.807, 2.05) is 12.1 Å². The molecule has 0 radical (unpaired) electrons. The average Bonchev–Trinajstić information content (AvgIpc) is 2.90. The summed E-state index contributed by atoms with van der Waals surface area (Å²) in [5, 5.41) is 13.8. The molecule has 1 aliphatic rings. The molecule has 0 aromatic heterocycles. The molecule has 24 heavy (non-hydrogen) atoms. The maximum atomic E-state index is 12.2. The van der Waals surface area contributed by atoms with E-state index in [9.17, 15) is 14.9 Å². The lowest BCUT2D eigenvalue weighted by Crippen LogP contribution is -2.38. The quantitative estimate of drug-likeness (QED) is 0.677. The van der Waals surface area contributed by atoms with Gasteiger partial charge in [0.15, 0.2) is 0 Å². The van der Waals surface area contributed by atoms with E-state index in [4.69, 9.17) is 0 Å². The van der Waals surface area contributed by atoms with E-state index in [1.165, 1.54) is 23.4 Å². The van der Waals surface area contributed by atoms with E-state index in [0.717, 1.165) is 6.42 Å². The van der Waals surface area contributed by atoms with Crippen molar-refractivity contribution >= 4 is 17.3 Å². The van der Waals surface area contributed by atoms with Gasteiger partial charge in [0.1, 0.15) is 5.56 Å². The summed E-state index contributed by atoms with van der Waals surface area (Å²) in [6, 6.07) is 14.6. The van der Waals surface area contributed by atoms with Gasteiger partial charge in [-0.15, -0.1) is 0 Å². The summed E-state index contributed by atoms with van der Waals surface area (Å²) in [7, 11) is 0. The first-order chi connectivity index (χ1) is 11.6. The lowest BCUT2D eigenvalue weighted by molar-refractivity contribution is -0.385. The summed E-state index contributed by atoms with van der Waals surface area (Å²) in [5.74, 6) is -0.414. The first-order valence-corrected chi connectivity index (χ1v) is 7.94. The monoisotopic (exact) mass is 325 g/mol. The summed E-state index contributed by atoms with van der Waals surface area (Å²) < 4.78 is 0. The van der Waals surface area contributed by atoms with Crippen molar-refractivity contribution in [3.63, 3.8) is 0 Å². The number of anilines is 1. The van der Waals surface area contributed by atoms with Crippen molar-refractivity contribution in [3.8, 4) is 0 Å². The SMILES string of the molecule is CC1Cc2ccccc2N1CCNC(=O)c1ccccc1[N+](=O)[O-]. The van der Waals surface area contributed by atoms with Crippen molar-refractivity contribution in [1.82, 2.24) is 5.32 Å². The van der Waals surface area contributed by atoms with Crippen molar-refractivity contribution in [1.29, 1.82) is 0 Å². The zero-order chi connectivity index (χ0) is 17.1. The summed E-state index contributed by atoms with van der Waals surface area (Å²) in [4.78, 5) is 25.0. The lowest BCUT2D eigenvalue weighted by atomic mass is 10.1. The highest BCUT2D eigenvalue weighted by Crippen LogP contribution is 2.31. The number of nitro groups is 1. The first kappa shape index (κ1) is 16.0. The zero-order valence-corrected chi connectivity index (χ0v) is 13.4. The fraction of sp³-hybridized carbons (Fsp3) is 0.278. The van der Waals surface area contributed by atoms with Gasteiger partial charge in [0.05, 0.1) is 4.92 Å². The maximum Gasteiger partial charge on any atom is 0.282 e. The molecule has 0 bridgehead atoms. The molecule has 124 valence electrons. The molecular formula is C18H19N3O3. The molecule has 0 saturated heterocycles. The van der Waals surface area contributed by atoms with Crippen LogP contribution in [0.25, 0.3) is 0 Å². The highest BCUT2D eigenvalue weighted by Gasteiger charge is 2.25. The van der Waals surface area contributed by atoms with Crippen LogP contribution in [0.5, 0.6) is 0 Å². The molecule has 1 heterocycles. The number of para-hydroxylation sites is 2. The number of nitrogens with zero attached hydrogens (tertiary/aromatic N) is 2. The van der Waals surface area contributed by atoms with Crippen LogP contribution in [0.1, 0.15) is 22.8 Å². The van der Waals surface area contributed by atoms with Crippen LogP contribution in [0, 0.1) is 10.1 Å². The van der Waals surface area contributed by atoms with Gasteiger partial charge in [0.25, 0.3) is 11.6 Å². The van der Waals surface area contributed by atoms with Crippen LogP contribution in [-0.4, -0.2) is 30.0 Å². The number of carbonyl (C=O) groups is 1. The predicted molar refractivity (Wildman–Crippen MR) is 92.4 cm³/mol. The minimum Gasteiger partial charge on any atom is -0.367 e. The molecule has 0 fully saturated rings. The Morgan fingerprint density at radius 3 is 2.75 bits per heavy atom. The highest BCUT2D eigenvalue weighted by atomic mass is 16.6. The number of fused-ring (bicyclic) bond motifs is 1. The third-order valence-electron chi connectivity index (χ3n) is 4.33. The number of nitro benzene ring substituents is 1. The van der Waals surface area contributed by atoms with E-state index in [0.29, 0.717) is 19.1 Å². The third-order valence-corrected chi connectivity index (χ3v) is 4.33. The summed E-state index contributed by atoms with van der Waals surface area (Å²) >= 11 is 0. The summed E-state index contributed by atoms with van der Waals surface area (Å²) in [6.07, 6.45) is 0.994. The van der Waals surface area contributed by atoms with Gasteiger partial charge in [-0.1, -0.05) is 30.3 Å². The van der Waals surface area contributed by atoms with Crippen LogP contribution in [0.3, 0.4) is 0 Å². The normalized spacial score (nSPS) is 15.9. The molecule has 6 nitrogen and oxygen atoms in total. The fourth-order valence-electron chi connectivity index (χ4n) is 3.18. The highest BCUT2D eigenvalue weighted by molar-refractivity contribution is 5.98. The van der Waals surface area contributed by atoms with Crippen molar-refractivity contribution < 1.29 is 9.72 Å². The molecule has 0 aliphatic carbocycles. The van der Waals surface area contributed by atoms with E-state index in [1.54, 1.807) is 12.1 Å². The Balaban J connectivity index is 1.63. The molecule has 0 spiro atoms. The molecule has 0 saturated carbocycles. The smallest absolute Gasteiger partial charge is 0.282 e. The zero-order valence-electron chi connectivity index (χ0n) is 13.4. The van der Waals surface area contributed by atoms with Gasteiger partial charge in [0, 0.05) is 30.9 Å². The number of hydrogen-bond donors (Lipinski definition) is 1. The molecule has 6 heteroatoms. The van der Waals surface area contributed by atoms with Gasteiger partial charge in [0.2, 0.25) is 0 Å². The van der Waals surface area contributed by atoms with Gasteiger partial charge in [-0.3, -0.25) is 14.9 Å². The van der Waals surface area contributed by atoms with Crippen LogP contribution in [0.2, 0.25) is 0 Å². The molecule has 2 aromatic rings. The van der Waals surface area contributed by atoms with Gasteiger partial charge >= 0.3 is 0 Å². The average molecular weight is 325 g/mol. The van der Waals surface area contributed by atoms with Crippen LogP contribution < -0.4 is 10.2 Å². The van der Waals surface area contributed by atoms with Crippen molar-refractivity contribution in [3.05, 3.63) is 69.8 Å². The van der Waals surface area contributed by atoms with Gasteiger partial charge in [-0.2, -0.15) is 0 Å². The Labute approximate surface area is 140 Å². The Kier molecular flexibility index (Phi) is 4.46. The standard InChI is InChI=1S/C18H19N3O3/c1-13-12-14-6-2-4-8-16(14)20(13)11-10-19-18(22)15-7-3-5-9-17(15)21(23)24/h2-9,13H,10-12H2,1H3,(H,19,22). The van der Waals surface area contributed by atoms with E-state index >= 15 is 0 Å². The molecule has 1 atom stereocenters. The molecule has 1 unspecified atom stereocenters. The summed E-state index contributed by atoms with van der Waals surface area (Å²) in [6.45, 7) is 3.26. The van der Waals surface area contributed by atoms with Crippen LogP contribution in [-0.2, 0) is 6.42 Å². The van der Waals surface area contributed by atoms with Gasteiger partial charge < -0.3 is 10.2 Å². The molecule has 1 N–H and O–H groups in total. The number of hydrogen-bond acceptors (Lipinski definition) is 4. The van der Waals surface area contributed by atoms with Crippen molar-refractivity contribution in [2.45, 2.75) is 19.4 Å². The van der Waals surface area contributed by atoms with E-state index in [-0.39, 0.29) is 11.3 Å². The number of benzene rings is 2. The minimum atomic E-state index is -0.534. The number of nitrogens with one attached hydrogen (secondary N) is 1. The Bertz CT molecular complexity index is 776. The predicted octanol–water partition coefficient (Wildman–Crippen LogP) is 2.78. The molecular weight excluding hydrogens is 306 g/mol. The number of amides is 1. The van der Waals surface area contributed by atoms with Crippen LogP contribution in [0.15, 0.2) is 48.5 Å². The second-order valence-corrected chi connectivity index (χ2v) is 5.91. The van der Waals surface area contributed by atoms with E-state index in [2.05, 4.69) is 29.3 Å². The Hall–Kier alpha value is -2.89. The summed E-state index contributed by atoms with van der Waals surface area (Å²) in [5.41, 5.74) is 2.44. The molecule has 1 amide bonds. The minimum absolute atomic E-state index is 0.0948. The number of rotatable bonds is 5. The van der Waals surface area contributed by atoms with Crippen molar-refractivity contribution in [2.75, 3.05) is 18.0 Å². The fourth-order valence-corrected chi connectivity index (χ4v) is 3.18. The number of carbonyl (C=O) groups excluding carboxylic acids is 1. The van der Waals surface area contributed by atoms with Crippen LogP contribution in [0.4, 0.5) is 11.4 Å². The Morgan fingerprint density at radius 1 is 1.25 bits per heavy atom. The molecule has 1 aliphatic heterocycles. The largest absolute Gasteiger partial charge is 0.367 e.